The number of nitrogens with zero attached hydrogens (tertiary/aromatic N) is 1. The van der Waals surface area contributed by atoms with Crippen molar-refractivity contribution >= 4 is 5.91 Å². The first-order valence-electron chi connectivity index (χ1n) is 6.29. The van der Waals surface area contributed by atoms with Crippen LogP contribution in [0.2, 0.25) is 0 Å². The van der Waals surface area contributed by atoms with Gasteiger partial charge in [0.25, 0.3) is 0 Å². The van der Waals surface area contributed by atoms with Gasteiger partial charge in [-0.3, -0.25) is 9.69 Å². The van der Waals surface area contributed by atoms with E-state index in [1.54, 1.807) is 12.3 Å². The van der Waals surface area contributed by atoms with Crippen LogP contribution in [0.4, 0.5) is 0 Å². The second-order valence-corrected chi connectivity index (χ2v) is 5.04. The highest BCUT2D eigenvalue weighted by Gasteiger charge is 2.28. The summed E-state index contributed by atoms with van der Waals surface area (Å²) in [5.74, 6) is 1.28. The third-order valence-electron chi connectivity index (χ3n) is 3.23. The molecule has 0 radical (unpaired) electrons. The number of amides is 1. The Kier molecular flexibility index (Phi) is 4.38. The van der Waals surface area contributed by atoms with Gasteiger partial charge in [0.05, 0.1) is 25.5 Å². The van der Waals surface area contributed by atoms with Crippen molar-refractivity contribution in [1.82, 2.24) is 10.2 Å². The Morgan fingerprint density at radius 1 is 1.61 bits per heavy atom. The lowest BCUT2D eigenvalue weighted by Gasteiger charge is -2.34. The van der Waals surface area contributed by atoms with E-state index in [2.05, 4.69) is 5.32 Å². The molecular weight excluding hydrogens is 232 g/mol. The third kappa shape index (κ3) is 3.85. The lowest BCUT2D eigenvalue weighted by molar-refractivity contribution is -0.122. The normalized spacial score (nSPS) is 22.8. The molecule has 5 heteroatoms. The molecule has 0 aliphatic heterocycles. The number of aliphatic hydroxyl groups is 1. The Morgan fingerprint density at radius 2 is 2.39 bits per heavy atom. The van der Waals surface area contributed by atoms with Crippen molar-refractivity contribution in [1.29, 1.82) is 0 Å². The molecule has 1 aliphatic carbocycles. The maximum absolute atomic E-state index is 11.7. The third-order valence-corrected chi connectivity index (χ3v) is 3.23. The first-order chi connectivity index (χ1) is 8.63. The van der Waals surface area contributed by atoms with Crippen LogP contribution in [-0.4, -0.2) is 42.2 Å². The Morgan fingerprint density at radius 3 is 3.00 bits per heavy atom. The van der Waals surface area contributed by atoms with Crippen LogP contribution in [0.25, 0.3) is 0 Å². The van der Waals surface area contributed by atoms with Gasteiger partial charge < -0.3 is 14.8 Å². The highest BCUT2D eigenvalue weighted by atomic mass is 16.3. The summed E-state index contributed by atoms with van der Waals surface area (Å²) in [6, 6.07) is 3.63. The van der Waals surface area contributed by atoms with Gasteiger partial charge in [-0.25, -0.2) is 0 Å². The zero-order valence-electron chi connectivity index (χ0n) is 10.6. The van der Waals surface area contributed by atoms with Gasteiger partial charge in [-0.15, -0.1) is 0 Å². The van der Waals surface area contributed by atoms with Crippen LogP contribution in [0.3, 0.4) is 0 Å². The molecule has 0 saturated heterocycles. The SMILES string of the molecule is CN(CC(=O)NCc1ccco1)CC1CC(O)C1. The lowest BCUT2D eigenvalue weighted by atomic mass is 9.82. The number of aliphatic hydroxyl groups excluding tert-OH is 1. The predicted octanol–water partition coefficient (Wildman–Crippen LogP) is 0.598. The molecule has 0 spiro atoms. The van der Waals surface area contributed by atoms with Crippen molar-refractivity contribution < 1.29 is 14.3 Å². The molecular formula is C13H20N2O3. The summed E-state index contributed by atoms with van der Waals surface area (Å²) in [6.07, 6.45) is 3.18. The first kappa shape index (κ1) is 13.1. The maximum atomic E-state index is 11.7. The van der Waals surface area contributed by atoms with Gasteiger partial charge in [0, 0.05) is 6.54 Å². The molecule has 0 atom stereocenters. The van der Waals surface area contributed by atoms with E-state index in [-0.39, 0.29) is 12.0 Å². The molecule has 0 unspecified atom stereocenters. The second-order valence-electron chi connectivity index (χ2n) is 5.04. The predicted molar refractivity (Wildman–Crippen MR) is 66.8 cm³/mol. The minimum Gasteiger partial charge on any atom is -0.467 e. The lowest BCUT2D eigenvalue weighted by Crippen LogP contribution is -2.41. The average Bonchev–Trinajstić information content (AvgIpc) is 2.77. The number of hydrogen-bond acceptors (Lipinski definition) is 4. The smallest absolute Gasteiger partial charge is 0.234 e. The molecule has 1 amide bonds. The quantitative estimate of drug-likeness (QED) is 0.778. The fourth-order valence-electron chi connectivity index (χ4n) is 2.25. The van der Waals surface area contributed by atoms with E-state index in [0.29, 0.717) is 19.0 Å². The Labute approximate surface area is 107 Å². The summed E-state index contributed by atoms with van der Waals surface area (Å²) < 4.78 is 5.14. The zero-order valence-corrected chi connectivity index (χ0v) is 10.6. The highest BCUT2D eigenvalue weighted by molar-refractivity contribution is 5.77. The van der Waals surface area contributed by atoms with Crippen LogP contribution < -0.4 is 5.32 Å². The molecule has 0 bridgehead atoms. The molecule has 1 heterocycles. The van der Waals surface area contributed by atoms with Gasteiger partial charge in [0.2, 0.25) is 5.91 Å². The Balaban J connectivity index is 1.61. The zero-order chi connectivity index (χ0) is 13.0. The number of carbonyl (C=O) groups is 1. The van der Waals surface area contributed by atoms with Crippen LogP contribution in [0, 0.1) is 5.92 Å². The number of likely N-dealkylation sites (N-methyl/N-ethyl adjacent to an activating group) is 1. The fraction of sp³-hybridized carbons (Fsp3) is 0.615. The minimum absolute atomic E-state index is 0.00577. The minimum atomic E-state index is -0.129. The average molecular weight is 252 g/mol. The van der Waals surface area contributed by atoms with Crippen molar-refractivity contribution in [2.75, 3.05) is 20.1 Å². The van der Waals surface area contributed by atoms with Crippen LogP contribution in [0.15, 0.2) is 22.8 Å². The summed E-state index contributed by atoms with van der Waals surface area (Å²) in [4.78, 5) is 13.7. The molecule has 1 saturated carbocycles. The van der Waals surface area contributed by atoms with E-state index in [4.69, 9.17) is 4.42 Å². The van der Waals surface area contributed by atoms with Crippen molar-refractivity contribution in [3.8, 4) is 0 Å². The number of carbonyl (C=O) groups excluding carboxylic acids is 1. The van der Waals surface area contributed by atoms with Gasteiger partial charge in [0.15, 0.2) is 0 Å². The standard InChI is InChI=1S/C13H20N2O3/c1-15(8-10-5-11(16)6-10)9-13(17)14-7-12-3-2-4-18-12/h2-4,10-11,16H,5-9H2,1H3,(H,14,17). The van der Waals surface area contributed by atoms with Gasteiger partial charge >= 0.3 is 0 Å². The molecule has 1 aliphatic rings. The van der Waals surface area contributed by atoms with Crippen molar-refractivity contribution in [3.05, 3.63) is 24.2 Å². The second kappa shape index (κ2) is 6.02. The number of rotatable bonds is 6. The van der Waals surface area contributed by atoms with E-state index in [9.17, 15) is 9.90 Å². The largest absolute Gasteiger partial charge is 0.467 e. The Hall–Kier alpha value is -1.33. The monoisotopic (exact) mass is 252 g/mol. The highest BCUT2D eigenvalue weighted by Crippen LogP contribution is 2.27. The number of nitrogens with one attached hydrogen (secondary N) is 1. The summed E-state index contributed by atoms with van der Waals surface area (Å²) in [5, 5.41) is 12.0. The van der Waals surface area contributed by atoms with Crippen LogP contribution in [-0.2, 0) is 11.3 Å². The Bertz CT molecular complexity index is 372. The molecule has 2 N–H and O–H groups in total. The van der Waals surface area contributed by atoms with E-state index in [0.717, 1.165) is 25.1 Å². The van der Waals surface area contributed by atoms with Crippen LogP contribution in [0.1, 0.15) is 18.6 Å². The molecule has 18 heavy (non-hydrogen) atoms. The van der Waals surface area contributed by atoms with Gasteiger partial charge in [-0.2, -0.15) is 0 Å². The maximum Gasteiger partial charge on any atom is 0.234 e. The summed E-state index contributed by atoms with van der Waals surface area (Å²) in [5.41, 5.74) is 0. The summed E-state index contributed by atoms with van der Waals surface area (Å²) >= 11 is 0. The first-order valence-corrected chi connectivity index (χ1v) is 6.29. The summed E-state index contributed by atoms with van der Waals surface area (Å²) in [6.45, 7) is 1.68. The molecule has 5 nitrogen and oxygen atoms in total. The van der Waals surface area contributed by atoms with Gasteiger partial charge in [-0.05, 0) is 37.9 Å². The van der Waals surface area contributed by atoms with Crippen molar-refractivity contribution in [2.24, 2.45) is 5.92 Å². The molecule has 1 fully saturated rings. The number of hydrogen-bond donors (Lipinski definition) is 2. The van der Waals surface area contributed by atoms with E-state index in [1.807, 2.05) is 18.0 Å². The van der Waals surface area contributed by atoms with Crippen LogP contribution >= 0.6 is 0 Å². The van der Waals surface area contributed by atoms with E-state index >= 15 is 0 Å². The van der Waals surface area contributed by atoms with E-state index < -0.39 is 0 Å². The van der Waals surface area contributed by atoms with Gasteiger partial charge in [0.1, 0.15) is 5.76 Å². The van der Waals surface area contributed by atoms with Gasteiger partial charge in [-0.1, -0.05) is 0 Å². The molecule has 2 rings (SSSR count). The van der Waals surface area contributed by atoms with Crippen molar-refractivity contribution in [2.45, 2.75) is 25.5 Å². The molecule has 0 aromatic carbocycles. The van der Waals surface area contributed by atoms with E-state index in [1.165, 1.54) is 0 Å². The summed E-state index contributed by atoms with van der Waals surface area (Å²) in [7, 11) is 1.93. The number of furan rings is 1. The molecule has 1 aromatic heterocycles. The van der Waals surface area contributed by atoms with Crippen LogP contribution in [0.5, 0.6) is 0 Å². The topological polar surface area (TPSA) is 65.7 Å². The fourth-order valence-corrected chi connectivity index (χ4v) is 2.25. The van der Waals surface area contributed by atoms with Crippen molar-refractivity contribution in [3.63, 3.8) is 0 Å². The molecule has 1 aromatic rings. The molecule has 100 valence electrons.